The van der Waals surface area contributed by atoms with Crippen LogP contribution in [0.2, 0.25) is 0 Å². The highest BCUT2D eigenvalue weighted by Gasteiger charge is 2.37. The van der Waals surface area contributed by atoms with E-state index >= 15 is 0 Å². The van der Waals surface area contributed by atoms with Crippen LogP contribution in [0.4, 0.5) is 5.82 Å². The predicted molar refractivity (Wildman–Crippen MR) is 95.2 cm³/mol. The van der Waals surface area contributed by atoms with Gasteiger partial charge in [0, 0.05) is 32.4 Å². The lowest BCUT2D eigenvalue weighted by atomic mass is 9.73. The maximum absolute atomic E-state index is 12.7. The van der Waals surface area contributed by atoms with Gasteiger partial charge in [0.25, 0.3) is 5.91 Å². The van der Waals surface area contributed by atoms with Crippen LogP contribution in [0.25, 0.3) is 0 Å². The Labute approximate surface area is 144 Å². The van der Waals surface area contributed by atoms with Gasteiger partial charge in [-0.05, 0) is 42.7 Å². The molecule has 1 aromatic rings. The number of hydrogen-bond acceptors (Lipinski definition) is 4. The fourth-order valence-electron chi connectivity index (χ4n) is 3.95. The molecular weight excluding hydrogens is 302 g/mol. The van der Waals surface area contributed by atoms with Crippen molar-refractivity contribution in [1.82, 2.24) is 9.88 Å². The largest absolute Gasteiger partial charge is 0.391 e. The number of piperidine rings is 1. The monoisotopic (exact) mass is 331 g/mol. The minimum absolute atomic E-state index is 0.0260. The molecule has 2 aliphatic heterocycles. The number of carbonyl (C=O) groups is 1. The third-order valence-corrected chi connectivity index (χ3v) is 5.41. The molecule has 1 amide bonds. The number of nitrogens with zero attached hydrogens (tertiary/aromatic N) is 3. The Morgan fingerprint density at radius 2 is 1.92 bits per heavy atom. The number of hydrogen-bond donors (Lipinski definition) is 1. The summed E-state index contributed by atoms with van der Waals surface area (Å²) in [4.78, 5) is 21.2. The number of likely N-dealkylation sites (tertiary alicyclic amines) is 1. The summed E-state index contributed by atoms with van der Waals surface area (Å²) >= 11 is 0. The molecule has 132 valence electrons. The van der Waals surface area contributed by atoms with Gasteiger partial charge in [-0.2, -0.15) is 0 Å². The molecule has 1 aromatic heterocycles. The first-order valence-corrected chi connectivity index (χ1v) is 9.04. The SMILES string of the molecule is CC(C)(C)C1CCN(C(=O)c2ccc(N3CCCC3)nc2)CC1O. The van der Waals surface area contributed by atoms with Gasteiger partial charge in [-0.1, -0.05) is 20.8 Å². The number of anilines is 1. The zero-order chi connectivity index (χ0) is 17.3. The molecule has 0 saturated carbocycles. The molecule has 0 bridgehead atoms. The zero-order valence-electron chi connectivity index (χ0n) is 15.0. The van der Waals surface area contributed by atoms with E-state index < -0.39 is 6.10 Å². The lowest BCUT2D eigenvalue weighted by molar-refractivity contribution is -0.0188. The van der Waals surface area contributed by atoms with Crippen molar-refractivity contribution >= 4 is 11.7 Å². The van der Waals surface area contributed by atoms with Gasteiger partial charge in [0.1, 0.15) is 5.82 Å². The Hall–Kier alpha value is -1.62. The summed E-state index contributed by atoms with van der Waals surface area (Å²) in [5.74, 6) is 1.16. The first-order valence-electron chi connectivity index (χ1n) is 9.04. The van der Waals surface area contributed by atoms with Gasteiger partial charge in [-0.25, -0.2) is 4.98 Å². The van der Waals surface area contributed by atoms with Gasteiger partial charge in [0.2, 0.25) is 0 Å². The van der Waals surface area contributed by atoms with Crippen LogP contribution in [0.15, 0.2) is 18.3 Å². The second-order valence-electron chi connectivity index (χ2n) is 8.18. The topological polar surface area (TPSA) is 56.7 Å². The number of β-amino-alcohol motifs (C(OH)–C–C–N with tert-alkyl or cyclic N) is 1. The third-order valence-electron chi connectivity index (χ3n) is 5.41. The molecule has 2 saturated heterocycles. The van der Waals surface area contributed by atoms with Crippen LogP contribution in [0.1, 0.15) is 50.4 Å². The molecule has 3 rings (SSSR count). The zero-order valence-corrected chi connectivity index (χ0v) is 15.0. The van der Waals surface area contributed by atoms with Crippen LogP contribution in [-0.2, 0) is 0 Å². The van der Waals surface area contributed by atoms with E-state index in [1.807, 2.05) is 12.1 Å². The maximum Gasteiger partial charge on any atom is 0.255 e. The fourth-order valence-corrected chi connectivity index (χ4v) is 3.95. The number of pyridine rings is 1. The van der Waals surface area contributed by atoms with E-state index in [9.17, 15) is 9.90 Å². The molecule has 0 radical (unpaired) electrons. The van der Waals surface area contributed by atoms with Crippen molar-refractivity contribution in [2.75, 3.05) is 31.1 Å². The summed E-state index contributed by atoms with van der Waals surface area (Å²) < 4.78 is 0. The van der Waals surface area contributed by atoms with Gasteiger partial charge in [-0.15, -0.1) is 0 Å². The average molecular weight is 331 g/mol. The number of carbonyl (C=O) groups excluding carboxylic acids is 1. The normalized spacial score (nSPS) is 25.2. The van der Waals surface area contributed by atoms with Crippen molar-refractivity contribution in [2.24, 2.45) is 11.3 Å². The summed E-state index contributed by atoms with van der Waals surface area (Å²) in [6.07, 6.45) is 4.49. The molecule has 3 heterocycles. The molecule has 24 heavy (non-hydrogen) atoms. The Morgan fingerprint density at radius 3 is 2.46 bits per heavy atom. The molecular formula is C19H29N3O2. The van der Waals surface area contributed by atoms with Crippen molar-refractivity contribution < 1.29 is 9.90 Å². The number of aliphatic hydroxyl groups is 1. The Kier molecular flexibility index (Phi) is 4.81. The van der Waals surface area contributed by atoms with Crippen molar-refractivity contribution in [3.8, 4) is 0 Å². The minimum Gasteiger partial charge on any atom is -0.391 e. The van der Waals surface area contributed by atoms with Gasteiger partial charge in [-0.3, -0.25) is 4.79 Å². The highest BCUT2D eigenvalue weighted by atomic mass is 16.3. The fraction of sp³-hybridized carbons (Fsp3) is 0.684. The van der Waals surface area contributed by atoms with Crippen molar-refractivity contribution in [1.29, 1.82) is 0 Å². The van der Waals surface area contributed by atoms with E-state index in [-0.39, 0.29) is 17.2 Å². The van der Waals surface area contributed by atoms with E-state index in [1.54, 1.807) is 11.1 Å². The van der Waals surface area contributed by atoms with E-state index in [1.165, 1.54) is 12.8 Å². The highest BCUT2D eigenvalue weighted by molar-refractivity contribution is 5.94. The van der Waals surface area contributed by atoms with Crippen molar-refractivity contribution in [3.05, 3.63) is 23.9 Å². The van der Waals surface area contributed by atoms with Gasteiger partial charge >= 0.3 is 0 Å². The quantitative estimate of drug-likeness (QED) is 0.905. The number of aromatic nitrogens is 1. The maximum atomic E-state index is 12.7. The molecule has 1 N–H and O–H groups in total. The lowest BCUT2D eigenvalue weighted by Crippen LogP contribution is -2.50. The van der Waals surface area contributed by atoms with Crippen LogP contribution >= 0.6 is 0 Å². The summed E-state index contributed by atoms with van der Waals surface area (Å²) in [5.41, 5.74) is 0.673. The average Bonchev–Trinajstić information content (AvgIpc) is 3.07. The standard InChI is InChI=1S/C19H29N3O2/c1-19(2,3)15-8-11-22(13-16(15)23)18(24)14-6-7-17(20-12-14)21-9-4-5-10-21/h6-7,12,15-16,23H,4-5,8-11,13H2,1-3H3. The summed E-state index contributed by atoms with van der Waals surface area (Å²) in [7, 11) is 0. The van der Waals surface area contributed by atoms with Crippen molar-refractivity contribution in [3.63, 3.8) is 0 Å². The van der Waals surface area contributed by atoms with Crippen molar-refractivity contribution in [2.45, 2.75) is 46.1 Å². The van der Waals surface area contributed by atoms with Crippen LogP contribution in [0.3, 0.4) is 0 Å². The molecule has 0 aliphatic carbocycles. The predicted octanol–water partition coefficient (Wildman–Crippen LogP) is 2.55. The number of aliphatic hydroxyl groups excluding tert-OH is 1. The van der Waals surface area contributed by atoms with Gasteiger partial charge in [0.15, 0.2) is 0 Å². The van der Waals surface area contributed by atoms with E-state index in [2.05, 4.69) is 30.7 Å². The highest BCUT2D eigenvalue weighted by Crippen LogP contribution is 2.34. The van der Waals surface area contributed by atoms with Gasteiger partial charge < -0.3 is 14.9 Å². The molecule has 2 unspecified atom stereocenters. The van der Waals surface area contributed by atoms with Gasteiger partial charge in [0.05, 0.1) is 11.7 Å². The third kappa shape index (κ3) is 3.56. The molecule has 5 nitrogen and oxygen atoms in total. The Bertz CT molecular complexity index is 573. The smallest absolute Gasteiger partial charge is 0.255 e. The molecule has 2 aliphatic rings. The molecule has 2 atom stereocenters. The first kappa shape index (κ1) is 17.2. The second-order valence-corrected chi connectivity index (χ2v) is 8.18. The molecule has 2 fully saturated rings. The number of rotatable bonds is 2. The van der Waals surface area contributed by atoms with Crippen LogP contribution in [0.5, 0.6) is 0 Å². The molecule has 5 heteroatoms. The van der Waals surface area contributed by atoms with E-state index in [0.717, 1.165) is 25.3 Å². The van der Waals surface area contributed by atoms with Crippen LogP contribution in [-0.4, -0.2) is 53.2 Å². The summed E-state index contributed by atoms with van der Waals surface area (Å²) in [6.45, 7) is 9.66. The second kappa shape index (κ2) is 6.71. The molecule has 0 spiro atoms. The Balaban J connectivity index is 1.64. The van der Waals surface area contributed by atoms with E-state index in [4.69, 9.17) is 0 Å². The lowest BCUT2D eigenvalue weighted by Gasteiger charge is -2.42. The number of amides is 1. The summed E-state index contributed by atoms with van der Waals surface area (Å²) in [6, 6.07) is 3.81. The summed E-state index contributed by atoms with van der Waals surface area (Å²) in [5, 5.41) is 10.4. The van der Waals surface area contributed by atoms with Crippen LogP contribution < -0.4 is 4.90 Å². The molecule has 0 aromatic carbocycles. The van der Waals surface area contributed by atoms with Crippen LogP contribution in [0, 0.1) is 11.3 Å². The minimum atomic E-state index is -0.459. The Morgan fingerprint density at radius 1 is 1.21 bits per heavy atom. The first-order chi connectivity index (χ1) is 11.4. The van der Waals surface area contributed by atoms with E-state index in [0.29, 0.717) is 18.7 Å².